The fourth-order valence-corrected chi connectivity index (χ4v) is 2.83. The van der Waals surface area contributed by atoms with E-state index in [-0.39, 0.29) is 22.9 Å². The number of benzene rings is 2. The van der Waals surface area contributed by atoms with E-state index in [2.05, 4.69) is 0 Å². The number of hydrogen-bond acceptors (Lipinski definition) is 3. The van der Waals surface area contributed by atoms with Crippen molar-refractivity contribution in [1.82, 2.24) is 0 Å². The molecule has 0 radical (unpaired) electrons. The molecule has 0 spiro atoms. The number of rotatable bonds is 3. The smallest absolute Gasteiger partial charge is 0.223 e. The third-order valence-electron chi connectivity index (χ3n) is 3.96. The molecule has 5 heteroatoms. The predicted molar refractivity (Wildman–Crippen MR) is 96.6 cm³/mol. The van der Waals surface area contributed by atoms with Crippen LogP contribution >= 0.6 is 11.6 Å². The van der Waals surface area contributed by atoms with Gasteiger partial charge in [0.25, 0.3) is 0 Å². The molecule has 0 unspecified atom stereocenters. The summed E-state index contributed by atoms with van der Waals surface area (Å²) < 4.78 is 6.07. The van der Waals surface area contributed by atoms with E-state index in [0.29, 0.717) is 16.7 Å². The Morgan fingerprint density at radius 1 is 1.12 bits per heavy atom. The summed E-state index contributed by atoms with van der Waals surface area (Å²) in [4.78, 5) is 26.2. The first-order chi connectivity index (χ1) is 11.5. The van der Waals surface area contributed by atoms with Gasteiger partial charge in [0.15, 0.2) is 5.76 Å². The van der Waals surface area contributed by atoms with Crippen molar-refractivity contribution in [2.45, 2.75) is 12.8 Å². The molecule has 3 rings (SSSR count). The van der Waals surface area contributed by atoms with Crippen LogP contribution in [0.5, 0.6) is 0 Å². The van der Waals surface area contributed by atoms with Crippen LogP contribution in [0, 0.1) is 0 Å². The van der Waals surface area contributed by atoms with E-state index in [0.717, 1.165) is 11.1 Å². The molecular weight excluding hydrogens is 326 g/mol. The summed E-state index contributed by atoms with van der Waals surface area (Å²) in [6, 6.07) is 14.5. The van der Waals surface area contributed by atoms with Gasteiger partial charge >= 0.3 is 0 Å². The van der Waals surface area contributed by atoms with Gasteiger partial charge in [-0.2, -0.15) is 0 Å². The lowest BCUT2D eigenvalue weighted by Gasteiger charge is -2.18. The zero-order valence-corrected chi connectivity index (χ0v) is 14.1. The number of halogens is 1. The van der Waals surface area contributed by atoms with Crippen LogP contribution in [0.2, 0.25) is 0 Å². The molecular formula is C19H16ClNO3. The highest BCUT2D eigenvalue weighted by molar-refractivity contribution is 6.17. The molecule has 0 saturated heterocycles. The standard InChI is InChI=1S/C19H16ClNO3/c1-12(22)21(2)16-17(23)15-10-6-9-14(11-20)18(15)24-19(16)13-7-4-3-5-8-13/h3-10H,11H2,1-2H3. The molecule has 24 heavy (non-hydrogen) atoms. The second kappa shape index (κ2) is 6.49. The predicted octanol–water partition coefficient (Wildman–Crippen LogP) is 4.18. The zero-order chi connectivity index (χ0) is 17.3. The summed E-state index contributed by atoms with van der Waals surface area (Å²) in [5, 5.41) is 0.413. The summed E-state index contributed by atoms with van der Waals surface area (Å²) in [6.07, 6.45) is 0. The highest BCUT2D eigenvalue weighted by Crippen LogP contribution is 2.32. The summed E-state index contributed by atoms with van der Waals surface area (Å²) in [7, 11) is 1.57. The van der Waals surface area contributed by atoms with Crippen molar-refractivity contribution in [3.63, 3.8) is 0 Å². The number of anilines is 1. The first-order valence-corrected chi connectivity index (χ1v) is 8.02. The molecule has 2 aromatic carbocycles. The Morgan fingerprint density at radius 3 is 2.46 bits per heavy atom. The first kappa shape index (κ1) is 16.3. The molecule has 0 atom stereocenters. The number of hydrogen-bond donors (Lipinski definition) is 0. The lowest BCUT2D eigenvalue weighted by atomic mass is 10.1. The molecule has 1 amide bonds. The largest absolute Gasteiger partial charge is 0.453 e. The van der Waals surface area contributed by atoms with Crippen LogP contribution in [0.1, 0.15) is 12.5 Å². The maximum atomic E-state index is 13.0. The second-order valence-electron chi connectivity index (χ2n) is 5.48. The summed E-state index contributed by atoms with van der Waals surface area (Å²) >= 11 is 5.98. The number of fused-ring (bicyclic) bond motifs is 1. The quantitative estimate of drug-likeness (QED) is 0.671. The van der Waals surface area contributed by atoms with Crippen LogP contribution in [0.25, 0.3) is 22.3 Å². The molecule has 0 bridgehead atoms. The van der Waals surface area contributed by atoms with Crippen LogP contribution in [0.15, 0.2) is 57.7 Å². The maximum Gasteiger partial charge on any atom is 0.223 e. The number of para-hydroxylation sites is 1. The summed E-state index contributed by atoms with van der Waals surface area (Å²) in [6.45, 7) is 1.41. The molecule has 0 aliphatic heterocycles. The van der Waals surface area contributed by atoms with Crippen LogP contribution < -0.4 is 10.3 Å². The average molecular weight is 342 g/mol. The summed E-state index contributed by atoms with van der Waals surface area (Å²) in [5.74, 6) is 0.354. The number of alkyl halides is 1. The van der Waals surface area contributed by atoms with E-state index in [1.807, 2.05) is 36.4 Å². The highest BCUT2D eigenvalue weighted by Gasteiger charge is 2.22. The first-order valence-electron chi connectivity index (χ1n) is 7.49. The van der Waals surface area contributed by atoms with Gasteiger partial charge in [-0.05, 0) is 6.07 Å². The van der Waals surface area contributed by atoms with Gasteiger partial charge < -0.3 is 9.32 Å². The van der Waals surface area contributed by atoms with Gasteiger partial charge in [0, 0.05) is 25.1 Å². The minimum atomic E-state index is -0.250. The molecule has 0 fully saturated rings. The van der Waals surface area contributed by atoms with Gasteiger partial charge in [0.2, 0.25) is 11.3 Å². The summed E-state index contributed by atoms with van der Waals surface area (Å²) in [5.41, 5.74) is 1.90. The molecule has 0 aliphatic carbocycles. The SMILES string of the molecule is CC(=O)N(C)c1c(-c2ccccc2)oc2c(CCl)cccc2c1=O. The van der Waals surface area contributed by atoms with Crippen molar-refractivity contribution in [1.29, 1.82) is 0 Å². The monoisotopic (exact) mass is 341 g/mol. The molecule has 4 nitrogen and oxygen atoms in total. The van der Waals surface area contributed by atoms with Gasteiger partial charge in [-0.3, -0.25) is 9.59 Å². The Labute approximate surface area is 144 Å². The molecule has 1 aromatic heterocycles. The van der Waals surface area contributed by atoms with E-state index in [9.17, 15) is 9.59 Å². The Kier molecular flexibility index (Phi) is 4.40. The van der Waals surface area contributed by atoms with E-state index in [1.165, 1.54) is 11.8 Å². The van der Waals surface area contributed by atoms with Crippen molar-refractivity contribution in [3.8, 4) is 11.3 Å². The average Bonchev–Trinajstić information content (AvgIpc) is 2.61. The van der Waals surface area contributed by atoms with Crippen LogP contribution in [0.3, 0.4) is 0 Å². The Bertz CT molecular complexity index is 964. The Morgan fingerprint density at radius 2 is 1.83 bits per heavy atom. The van der Waals surface area contributed by atoms with E-state index in [1.54, 1.807) is 19.2 Å². The topological polar surface area (TPSA) is 50.5 Å². The lowest BCUT2D eigenvalue weighted by molar-refractivity contribution is -0.116. The van der Waals surface area contributed by atoms with Crippen molar-refractivity contribution < 1.29 is 9.21 Å². The van der Waals surface area contributed by atoms with E-state index >= 15 is 0 Å². The third-order valence-corrected chi connectivity index (χ3v) is 4.25. The number of nitrogens with zero attached hydrogens (tertiary/aromatic N) is 1. The van der Waals surface area contributed by atoms with Gasteiger partial charge in [-0.1, -0.05) is 42.5 Å². The fraction of sp³-hybridized carbons (Fsp3) is 0.158. The zero-order valence-electron chi connectivity index (χ0n) is 13.4. The van der Waals surface area contributed by atoms with Crippen molar-refractivity contribution >= 4 is 34.2 Å². The number of carbonyl (C=O) groups is 1. The van der Waals surface area contributed by atoms with Gasteiger partial charge in [0.05, 0.1) is 11.3 Å². The Hall–Kier alpha value is -2.59. The van der Waals surface area contributed by atoms with Gasteiger partial charge in [-0.15, -0.1) is 11.6 Å². The molecule has 0 aliphatic rings. The van der Waals surface area contributed by atoms with Crippen molar-refractivity contribution in [2.75, 3.05) is 11.9 Å². The fourth-order valence-electron chi connectivity index (χ4n) is 2.62. The molecule has 0 saturated carbocycles. The van der Waals surface area contributed by atoms with E-state index in [4.69, 9.17) is 16.0 Å². The number of carbonyl (C=O) groups excluding carboxylic acids is 1. The number of amides is 1. The van der Waals surface area contributed by atoms with Crippen LogP contribution in [-0.4, -0.2) is 13.0 Å². The lowest BCUT2D eigenvalue weighted by Crippen LogP contribution is -2.29. The van der Waals surface area contributed by atoms with Gasteiger partial charge in [-0.25, -0.2) is 0 Å². The Balaban J connectivity index is 2.45. The third kappa shape index (κ3) is 2.69. The molecule has 3 aromatic rings. The minimum Gasteiger partial charge on any atom is -0.453 e. The van der Waals surface area contributed by atoms with Crippen LogP contribution in [-0.2, 0) is 10.7 Å². The molecule has 0 N–H and O–H groups in total. The minimum absolute atomic E-state index is 0.230. The van der Waals surface area contributed by atoms with Crippen LogP contribution in [0.4, 0.5) is 5.69 Å². The van der Waals surface area contributed by atoms with Crippen molar-refractivity contribution in [2.24, 2.45) is 0 Å². The molecule has 1 heterocycles. The second-order valence-corrected chi connectivity index (χ2v) is 5.75. The highest BCUT2D eigenvalue weighted by atomic mass is 35.5. The van der Waals surface area contributed by atoms with E-state index < -0.39 is 0 Å². The van der Waals surface area contributed by atoms with Crippen molar-refractivity contribution in [3.05, 3.63) is 64.3 Å². The van der Waals surface area contributed by atoms with Gasteiger partial charge in [0.1, 0.15) is 11.3 Å². The molecule has 122 valence electrons. The maximum absolute atomic E-state index is 13.0. The normalized spacial score (nSPS) is 10.8.